The summed E-state index contributed by atoms with van der Waals surface area (Å²) in [6.45, 7) is 6.09. The summed E-state index contributed by atoms with van der Waals surface area (Å²) in [5.74, 6) is -0.113. The lowest BCUT2D eigenvalue weighted by atomic mass is 10.1. The van der Waals surface area contributed by atoms with Crippen LogP contribution in [0.2, 0.25) is 0 Å². The van der Waals surface area contributed by atoms with E-state index in [9.17, 15) is 4.39 Å². The van der Waals surface area contributed by atoms with Gasteiger partial charge in [0.1, 0.15) is 5.82 Å². The largest absolute Gasteiger partial charge is 0.371 e. The highest BCUT2D eigenvalue weighted by Gasteiger charge is 2.09. The molecule has 1 aromatic carbocycles. The Balaban J connectivity index is 2.11. The second-order valence-corrected chi connectivity index (χ2v) is 4.38. The zero-order valence-corrected chi connectivity index (χ0v) is 9.80. The van der Waals surface area contributed by atoms with Gasteiger partial charge in [-0.3, -0.25) is 0 Å². The number of nitrogens with one attached hydrogen (secondary N) is 1. The molecule has 1 heterocycles. The van der Waals surface area contributed by atoms with Gasteiger partial charge in [0.15, 0.2) is 0 Å². The number of halogens is 1. The van der Waals surface area contributed by atoms with Gasteiger partial charge in [-0.05, 0) is 56.6 Å². The highest BCUT2D eigenvalue weighted by atomic mass is 19.1. The molecule has 2 nitrogen and oxygen atoms in total. The first-order valence-corrected chi connectivity index (χ1v) is 5.99. The van der Waals surface area contributed by atoms with E-state index in [-0.39, 0.29) is 5.82 Å². The molecule has 0 amide bonds. The average Bonchev–Trinajstić information content (AvgIpc) is 2.22. The van der Waals surface area contributed by atoms with E-state index >= 15 is 0 Å². The standard InChI is InChI=1S/C13H19FN2/c1-11-10-12(4-5-13(11)14)16-8-2-6-15-7-3-9-16/h4-5,10,15H,2-3,6-9H2,1H3. The summed E-state index contributed by atoms with van der Waals surface area (Å²) in [5.41, 5.74) is 1.89. The summed E-state index contributed by atoms with van der Waals surface area (Å²) in [5, 5.41) is 3.39. The Morgan fingerprint density at radius 1 is 1.19 bits per heavy atom. The number of benzene rings is 1. The van der Waals surface area contributed by atoms with Crippen LogP contribution < -0.4 is 10.2 Å². The Kier molecular flexibility index (Phi) is 3.78. The maximum Gasteiger partial charge on any atom is 0.126 e. The van der Waals surface area contributed by atoms with E-state index in [1.54, 1.807) is 6.07 Å². The summed E-state index contributed by atoms with van der Waals surface area (Å²) >= 11 is 0. The van der Waals surface area contributed by atoms with Crippen molar-refractivity contribution in [3.05, 3.63) is 29.6 Å². The quantitative estimate of drug-likeness (QED) is 0.784. The second kappa shape index (κ2) is 5.30. The second-order valence-electron chi connectivity index (χ2n) is 4.38. The Morgan fingerprint density at radius 2 is 1.88 bits per heavy atom. The molecule has 0 bridgehead atoms. The molecular formula is C13H19FN2. The van der Waals surface area contributed by atoms with Crippen LogP contribution in [-0.4, -0.2) is 26.2 Å². The number of nitrogens with zero attached hydrogens (tertiary/aromatic N) is 1. The van der Waals surface area contributed by atoms with Crippen LogP contribution in [0.15, 0.2) is 18.2 Å². The molecule has 1 saturated heterocycles. The van der Waals surface area contributed by atoms with Crippen molar-refractivity contribution >= 4 is 5.69 Å². The molecule has 16 heavy (non-hydrogen) atoms. The van der Waals surface area contributed by atoms with Gasteiger partial charge in [0, 0.05) is 18.8 Å². The van der Waals surface area contributed by atoms with Gasteiger partial charge in [0.25, 0.3) is 0 Å². The first-order valence-electron chi connectivity index (χ1n) is 5.99. The maximum absolute atomic E-state index is 13.2. The zero-order chi connectivity index (χ0) is 11.4. The van der Waals surface area contributed by atoms with Crippen LogP contribution in [0.3, 0.4) is 0 Å². The van der Waals surface area contributed by atoms with Crippen LogP contribution in [-0.2, 0) is 0 Å². The number of aryl methyl sites for hydroxylation is 1. The van der Waals surface area contributed by atoms with Crippen LogP contribution in [0, 0.1) is 12.7 Å². The van der Waals surface area contributed by atoms with Crippen LogP contribution in [0.1, 0.15) is 18.4 Å². The van der Waals surface area contributed by atoms with E-state index < -0.39 is 0 Å². The number of hydrogen-bond acceptors (Lipinski definition) is 2. The zero-order valence-electron chi connectivity index (χ0n) is 9.80. The Labute approximate surface area is 96.5 Å². The van der Waals surface area contributed by atoms with Crippen molar-refractivity contribution < 1.29 is 4.39 Å². The lowest BCUT2D eigenvalue weighted by Gasteiger charge is -2.27. The molecule has 1 fully saturated rings. The maximum atomic E-state index is 13.2. The first-order chi connectivity index (χ1) is 7.77. The minimum absolute atomic E-state index is 0.113. The lowest BCUT2D eigenvalue weighted by molar-refractivity contribution is 0.566. The number of rotatable bonds is 1. The summed E-state index contributed by atoms with van der Waals surface area (Å²) < 4.78 is 13.2. The number of anilines is 1. The SMILES string of the molecule is Cc1cc(N2CCCNCCC2)ccc1F. The molecule has 0 radical (unpaired) electrons. The first kappa shape index (κ1) is 11.4. The lowest BCUT2D eigenvalue weighted by Crippen LogP contribution is -2.33. The molecule has 0 aromatic heterocycles. The van der Waals surface area contributed by atoms with Gasteiger partial charge in [-0.1, -0.05) is 0 Å². The molecule has 1 aliphatic heterocycles. The third kappa shape index (κ3) is 2.73. The minimum atomic E-state index is -0.113. The van der Waals surface area contributed by atoms with E-state index in [0.29, 0.717) is 0 Å². The molecule has 0 aliphatic carbocycles. The van der Waals surface area contributed by atoms with Crippen molar-refractivity contribution in [2.75, 3.05) is 31.1 Å². The fraction of sp³-hybridized carbons (Fsp3) is 0.538. The van der Waals surface area contributed by atoms with Gasteiger partial charge in [0.05, 0.1) is 0 Å². The molecule has 0 spiro atoms. The topological polar surface area (TPSA) is 15.3 Å². The van der Waals surface area contributed by atoms with Crippen LogP contribution in [0.4, 0.5) is 10.1 Å². The van der Waals surface area contributed by atoms with Crippen molar-refractivity contribution in [2.24, 2.45) is 0 Å². The van der Waals surface area contributed by atoms with Gasteiger partial charge in [0.2, 0.25) is 0 Å². The normalized spacial score (nSPS) is 18.0. The Bertz CT molecular complexity index is 344. The summed E-state index contributed by atoms with van der Waals surface area (Å²) in [6.07, 6.45) is 2.30. The summed E-state index contributed by atoms with van der Waals surface area (Å²) in [7, 11) is 0. The predicted molar refractivity (Wildman–Crippen MR) is 65.5 cm³/mol. The molecule has 0 atom stereocenters. The van der Waals surface area contributed by atoms with E-state index in [1.165, 1.54) is 0 Å². The van der Waals surface area contributed by atoms with Crippen LogP contribution >= 0.6 is 0 Å². The third-order valence-electron chi connectivity index (χ3n) is 3.07. The van der Waals surface area contributed by atoms with Crippen molar-refractivity contribution in [3.8, 4) is 0 Å². The van der Waals surface area contributed by atoms with Crippen LogP contribution in [0.5, 0.6) is 0 Å². The third-order valence-corrected chi connectivity index (χ3v) is 3.07. The molecule has 88 valence electrons. The fourth-order valence-corrected chi connectivity index (χ4v) is 2.11. The molecule has 1 aliphatic rings. The molecule has 1 N–H and O–H groups in total. The highest BCUT2D eigenvalue weighted by Crippen LogP contribution is 2.19. The van der Waals surface area contributed by atoms with E-state index in [0.717, 1.165) is 50.3 Å². The van der Waals surface area contributed by atoms with Crippen molar-refractivity contribution in [3.63, 3.8) is 0 Å². The van der Waals surface area contributed by atoms with Crippen LogP contribution in [0.25, 0.3) is 0 Å². The molecule has 1 aromatic rings. The highest BCUT2D eigenvalue weighted by molar-refractivity contribution is 5.48. The molecule has 0 saturated carbocycles. The minimum Gasteiger partial charge on any atom is -0.371 e. The molecular weight excluding hydrogens is 203 g/mol. The fourth-order valence-electron chi connectivity index (χ4n) is 2.11. The van der Waals surface area contributed by atoms with Gasteiger partial charge >= 0.3 is 0 Å². The average molecular weight is 222 g/mol. The molecule has 3 heteroatoms. The van der Waals surface area contributed by atoms with Crippen molar-refractivity contribution in [1.29, 1.82) is 0 Å². The van der Waals surface area contributed by atoms with E-state index in [4.69, 9.17) is 0 Å². The Morgan fingerprint density at radius 3 is 2.50 bits per heavy atom. The summed E-state index contributed by atoms with van der Waals surface area (Å²) in [6, 6.07) is 5.41. The van der Waals surface area contributed by atoms with Gasteiger partial charge < -0.3 is 10.2 Å². The number of hydrogen-bond donors (Lipinski definition) is 1. The van der Waals surface area contributed by atoms with Crippen molar-refractivity contribution in [1.82, 2.24) is 5.32 Å². The van der Waals surface area contributed by atoms with E-state index in [2.05, 4.69) is 10.2 Å². The van der Waals surface area contributed by atoms with E-state index in [1.807, 2.05) is 19.1 Å². The predicted octanol–water partition coefficient (Wildman–Crippen LogP) is 2.32. The summed E-state index contributed by atoms with van der Waals surface area (Å²) in [4.78, 5) is 2.35. The molecule has 0 unspecified atom stereocenters. The van der Waals surface area contributed by atoms with Gasteiger partial charge in [-0.25, -0.2) is 4.39 Å². The van der Waals surface area contributed by atoms with Gasteiger partial charge in [-0.2, -0.15) is 0 Å². The smallest absolute Gasteiger partial charge is 0.126 e. The monoisotopic (exact) mass is 222 g/mol. The Hall–Kier alpha value is -1.09. The van der Waals surface area contributed by atoms with Gasteiger partial charge in [-0.15, -0.1) is 0 Å². The molecule has 2 rings (SSSR count). The van der Waals surface area contributed by atoms with Crippen molar-refractivity contribution in [2.45, 2.75) is 19.8 Å².